The quantitative estimate of drug-likeness (QED) is 0.552. The third-order valence-corrected chi connectivity index (χ3v) is 6.36. The van der Waals surface area contributed by atoms with Crippen LogP contribution in [0.4, 0.5) is 5.00 Å². The molecule has 8 nitrogen and oxygen atoms in total. The molecule has 1 aliphatic carbocycles. The molecule has 0 aliphatic heterocycles. The Morgan fingerprint density at radius 1 is 1.19 bits per heavy atom. The van der Waals surface area contributed by atoms with Crippen LogP contribution in [0.2, 0.25) is 5.02 Å². The van der Waals surface area contributed by atoms with Gasteiger partial charge in [0.1, 0.15) is 5.00 Å². The highest BCUT2D eigenvalue weighted by Crippen LogP contribution is 2.39. The number of nitrogens with two attached hydrogens (primary N) is 1. The van der Waals surface area contributed by atoms with E-state index in [0.717, 1.165) is 29.7 Å². The fourth-order valence-corrected chi connectivity index (χ4v) is 4.99. The summed E-state index contributed by atoms with van der Waals surface area (Å²) in [5, 5.41) is 3.24. The molecule has 0 bridgehead atoms. The molecule has 1 atom stereocenters. The Hall–Kier alpha value is -2.78. The van der Waals surface area contributed by atoms with E-state index < -0.39 is 23.9 Å². The third-order valence-electron chi connectivity index (χ3n) is 4.88. The number of carbonyl (C=O) groups is 3. The van der Waals surface area contributed by atoms with Crippen LogP contribution in [-0.2, 0) is 22.4 Å². The van der Waals surface area contributed by atoms with Crippen molar-refractivity contribution in [1.82, 2.24) is 0 Å². The number of aryl methyl sites for hydroxylation is 1. The van der Waals surface area contributed by atoms with Gasteiger partial charge in [-0.2, -0.15) is 0 Å². The number of anilines is 1. The van der Waals surface area contributed by atoms with E-state index in [-0.39, 0.29) is 22.4 Å². The summed E-state index contributed by atoms with van der Waals surface area (Å²) in [6.45, 7) is 5.11. The van der Waals surface area contributed by atoms with E-state index in [1.54, 1.807) is 0 Å². The van der Waals surface area contributed by atoms with Gasteiger partial charge >= 0.3 is 5.97 Å². The van der Waals surface area contributed by atoms with Gasteiger partial charge in [0.2, 0.25) is 0 Å². The Morgan fingerprint density at radius 3 is 2.53 bits per heavy atom. The standard InChI is InChI=1S/C22H25ClN2O6S/c1-10(2)30-18-14(23)8-12(9-15(18)29-4)22(28)31-11(3)20(27)25-21-17(19(24)26)13-6-5-7-16(13)32-21/h8-11H,5-7H2,1-4H3,(H2,24,26)(H,25,27). The molecule has 0 spiro atoms. The zero-order chi connectivity index (χ0) is 23.6. The van der Waals surface area contributed by atoms with Crippen molar-refractivity contribution >= 4 is 45.7 Å². The normalized spacial score (nSPS) is 13.4. The number of fused-ring (bicyclic) bond motifs is 1. The lowest BCUT2D eigenvalue weighted by atomic mass is 10.1. The van der Waals surface area contributed by atoms with E-state index in [4.69, 9.17) is 31.5 Å². The number of hydrogen-bond acceptors (Lipinski definition) is 7. The number of carbonyl (C=O) groups excluding carboxylic acids is 3. The van der Waals surface area contributed by atoms with Gasteiger partial charge in [0, 0.05) is 4.88 Å². The summed E-state index contributed by atoms with van der Waals surface area (Å²) in [6, 6.07) is 2.83. The molecule has 0 fully saturated rings. The first-order chi connectivity index (χ1) is 15.1. The molecule has 1 unspecified atom stereocenters. The summed E-state index contributed by atoms with van der Waals surface area (Å²) in [4.78, 5) is 38.2. The fraction of sp³-hybridized carbons (Fsp3) is 0.409. The molecule has 1 aromatic heterocycles. The number of primary amides is 1. The van der Waals surface area contributed by atoms with Gasteiger partial charge in [-0.3, -0.25) is 9.59 Å². The Bertz CT molecular complexity index is 1070. The lowest BCUT2D eigenvalue weighted by Gasteiger charge is -2.17. The molecule has 1 aromatic carbocycles. The number of rotatable bonds is 8. The number of methoxy groups -OCH3 is 1. The van der Waals surface area contributed by atoms with Crippen LogP contribution in [0.15, 0.2) is 12.1 Å². The summed E-state index contributed by atoms with van der Waals surface area (Å²) in [6.07, 6.45) is 1.28. The number of nitrogens with one attached hydrogen (secondary N) is 1. The molecular weight excluding hydrogens is 456 g/mol. The van der Waals surface area contributed by atoms with Gasteiger partial charge in [-0.15, -0.1) is 11.3 Å². The number of thiophene rings is 1. The first-order valence-electron chi connectivity index (χ1n) is 10.1. The molecule has 2 amide bonds. The van der Waals surface area contributed by atoms with Crippen LogP contribution in [0.5, 0.6) is 11.5 Å². The van der Waals surface area contributed by atoms with E-state index in [2.05, 4.69) is 5.32 Å². The minimum Gasteiger partial charge on any atom is -0.493 e. The van der Waals surface area contributed by atoms with Crippen molar-refractivity contribution in [3.8, 4) is 11.5 Å². The maximum absolute atomic E-state index is 12.6. The molecule has 0 radical (unpaired) electrons. The van der Waals surface area contributed by atoms with Gasteiger partial charge in [-0.05, 0) is 57.7 Å². The van der Waals surface area contributed by atoms with Gasteiger partial charge in [0.15, 0.2) is 17.6 Å². The predicted octanol–water partition coefficient (Wildman–Crippen LogP) is 3.97. The van der Waals surface area contributed by atoms with E-state index in [9.17, 15) is 14.4 Å². The molecular formula is C22H25ClN2O6S. The number of esters is 1. The Labute approximate surface area is 195 Å². The largest absolute Gasteiger partial charge is 0.493 e. The van der Waals surface area contributed by atoms with Gasteiger partial charge in [0.25, 0.3) is 11.8 Å². The molecule has 1 aliphatic rings. The molecule has 0 saturated carbocycles. The van der Waals surface area contributed by atoms with Crippen molar-refractivity contribution in [1.29, 1.82) is 0 Å². The minimum atomic E-state index is -1.13. The Morgan fingerprint density at radius 2 is 1.91 bits per heavy atom. The van der Waals surface area contributed by atoms with E-state index >= 15 is 0 Å². The monoisotopic (exact) mass is 480 g/mol. The van der Waals surface area contributed by atoms with Crippen molar-refractivity contribution in [3.05, 3.63) is 38.7 Å². The molecule has 10 heteroatoms. The summed E-state index contributed by atoms with van der Waals surface area (Å²) >= 11 is 7.59. The van der Waals surface area contributed by atoms with E-state index in [0.29, 0.717) is 16.3 Å². The van der Waals surface area contributed by atoms with Crippen LogP contribution >= 0.6 is 22.9 Å². The average Bonchev–Trinajstić information content (AvgIpc) is 3.29. The van der Waals surface area contributed by atoms with Crippen molar-refractivity contribution in [3.63, 3.8) is 0 Å². The highest BCUT2D eigenvalue weighted by Gasteiger charge is 2.28. The SMILES string of the molecule is COc1cc(C(=O)OC(C)C(=O)Nc2sc3c(c2C(N)=O)CCC3)cc(Cl)c1OC(C)C. The zero-order valence-electron chi connectivity index (χ0n) is 18.2. The maximum atomic E-state index is 12.6. The van der Waals surface area contributed by atoms with Crippen molar-refractivity contribution in [2.24, 2.45) is 5.73 Å². The number of halogens is 1. The van der Waals surface area contributed by atoms with Gasteiger partial charge in [0.05, 0.1) is 29.4 Å². The highest BCUT2D eigenvalue weighted by atomic mass is 35.5. The van der Waals surface area contributed by atoms with Crippen LogP contribution < -0.4 is 20.5 Å². The van der Waals surface area contributed by atoms with Crippen LogP contribution in [0.3, 0.4) is 0 Å². The second kappa shape index (κ2) is 9.79. The lowest BCUT2D eigenvalue weighted by molar-refractivity contribution is -0.123. The second-order valence-electron chi connectivity index (χ2n) is 7.62. The maximum Gasteiger partial charge on any atom is 0.339 e. The fourth-order valence-electron chi connectivity index (χ4n) is 3.44. The van der Waals surface area contributed by atoms with Gasteiger partial charge < -0.3 is 25.3 Å². The van der Waals surface area contributed by atoms with Gasteiger partial charge in [-0.25, -0.2) is 4.79 Å². The molecule has 1 heterocycles. The second-order valence-corrected chi connectivity index (χ2v) is 9.13. The lowest BCUT2D eigenvalue weighted by Crippen LogP contribution is -2.30. The Balaban J connectivity index is 1.73. The summed E-state index contributed by atoms with van der Waals surface area (Å²) < 4.78 is 16.2. The first kappa shape index (κ1) is 23.9. The number of ether oxygens (including phenoxy) is 3. The highest BCUT2D eigenvalue weighted by molar-refractivity contribution is 7.17. The minimum absolute atomic E-state index is 0.107. The van der Waals surface area contributed by atoms with Crippen LogP contribution in [0, 0.1) is 0 Å². The molecule has 172 valence electrons. The number of hydrogen-bond donors (Lipinski definition) is 2. The summed E-state index contributed by atoms with van der Waals surface area (Å²) in [7, 11) is 1.43. The molecule has 0 saturated heterocycles. The topological polar surface area (TPSA) is 117 Å². The number of benzene rings is 1. The van der Waals surface area contributed by atoms with E-state index in [1.165, 1.54) is 37.5 Å². The van der Waals surface area contributed by atoms with Crippen molar-refractivity contribution in [2.75, 3.05) is 12.4 Å². The van der Waals surface area contributed by atoms with Crippen molar-refractivity contribution < 1.29 is 28.6 Å². The zero-order valence-corrected chi connectivity index (χ0v) is 19.8. The summed E-state index contributed by atoms with van der Waals surface area (Å²) in [5.41, 5.74) is 6.86. The van der Waals surface area contributed by atoms with Crippen LogP contribution in [-0.4, -0.2) is 37.1 Å². The molecule has 32 heavy (non-hydrogen) atoms. The van der Waals surface area contributed by atoms with Gasteiger partial charge in [-0.1, -0.05) is 11.6 Å². The van der Waals surface area contributed by atoms with Crippen molar-refractivity contribution in [2.45, 2.75) is 52.2 Å². The smallest absolute Gasteiger partial charge is 0.339 e. The van der Waals surface area contributed by atoms with E-state index in [1.807, 2.05) is 13.8 Å². The first-order valence-corrected chi connectivity index (χ1v) is 11.3. The third kappa shape index (κ3) is 4.99. The molecule has 3 rings (SSSR count). The molecule has 3 N–H and O–H groups in total. The summed E-state index contributed by atoms with van der Waals surface area (Å²) in [5.74, 6) is -1.33. The number of amides is 2. The average molecular weight is 481 g/mol. The van der Waals surface area contributed by atoms with Crippen LogP contribution in [0.25, 0.3) is 0 Å². The predicted molar refractivity (Wildman–Crippen MR) is 122 cm³/mol. The Kier molecular flexibility index (Phi) is 7.30. The van der Waals surface area contributed by atoms with Crippen LogP contribution in [0.1, 0.15) is 58.3 Å². The molecule has 2 aromatic rings.